The van der Waals surface area contributed by atoms with Crippen molar-refractivity contribution in [3.8, 4) is 11.3 Å². The molecule has 0 atom stereocenters. The van der Waals surface area contributed by atoms with Crippen molar-refractivity contribution < 1.29 is 4.84 Å². The SMILES string of the molecule is Cn1[nH]c(-c2ccccc2)c(C=NOCc2ccc(Cl)cc2Cl)c1=O. The van der Waals surface area contributed by atoms with Crippen LogP contribution < -0.4 is 5.56 Å². The molecular weight excluding hydrogens is 361 g/mol. The Bertz CT molecular complexity index is 962. The van der Waals surface area contributed by atoms with Crippen LogP contribution in [0.2, 0.25) is 10.0 Å². The lowest BCUT2D eigenvalue weighted by molar-refractivity contribution is 0.132. The smallest absolute Gasteiger partial charge is 0.275 e. The van der Waals surface area contributed by atoms with Crippen LogP contribution in [0.5, 0.6) is 0 Å². The minimum Gasteiger partial charge on any atom is -0.391 e. The first-order chi connectivity index (χ1) is 12.1. The summed E-state index contributed by atoms with van der Waals surface area (Å²) in [7, 11) is 1.65. The van der Waals surface area contributed by atoms with Gasteiger partial charge in [-0.25, -0.2) is 0 Å². The molecule has 1 N–H and O–H groups in total. The van der Waals surface area contributed by atoms with Crippen LogP contribution in [0, 0.1) is 0 Å². The molecule has 25 heavy (non-hydrogen) atoms. The third-order valence-electron chi connectivity index (χ3n) is 3.64. The van der Waals surface area contributed by atoms with Crippen LogP contribution in [-0.4, -0.2) is 16.0 Å². The van der Waals surface area contributed by atoms with Gasteiger partial charge in [-0.2, -0.15) is 0 Å². The van der Waals surface area contributed by atoms with E-state index in [1.54, 1.807) is 25.2 Å². The van der Waals surface area contributed by atoms with Crippen molar-refractivity contribution in [1.82, 2.24) is 9.78 Å². The van der Waals surface area contributed by atoms with Gasteiger partial charge in [-0.05, 0) is 12.1 Å². The van der Waals surface area contributed by atoms with Gasteiger partial charge in [-0.3, -0.25) is 14.6 Å². The summed E-state index contributed by atoms with van der Waals surface area (Å²) in [6.07, 6.45) is 1.41. The topological polar surface area (TPSA) is 59.4 Å². The number of nitrogens with one attached hydrogen (secondary N) is 1. The Balaban J connectivity index is 1.79. The summed E-state index contributed by atoms with van der Waals surface area (Å²) in [6, 6.07) is 14.7. The van der Waals surface area contributed by atoms with Gasteiger partial charge in [-0.15, -0.1) is 0 Å². The number of nitrogens with zero attached hydrogens (tertiary/aromatic N) is 2. The van der Waals surface area contributed by atoms with E-state index in [4.69, 9.17) is 28.0 Å². The summed E-state index contributed by atoms with van der Waals surface area (Å²) in [5.74, 6) is 0. The summed E-state index contributed by atoms with van der Waals surface area (Å²) < 4.78 is 1.40. The monoisotopic (exact) mass is 375 g/mol. The molecule has 0 fully saturated rings. The number of halogens is 2. The van der Waals surface area contributed by atoms with Crippen LogP contribution in [-0.2, 0) is 18.5 Å². The molecule has 0 bridgehead atoms. The maximum absolute atomic E-state index is 12.3. The molecule has 1 heterocycles. The Morgan fingerprint density at radius 1 is 1.20 bits per heavy atom. The van der Waals surface area contributed by atoms with Crippen molar-refractivity contribution in [2.24, 2.45) is 12.2 Å². The van der Waals surface area contributed by atoms with Crippen molar-refractivity contribution in [3.63, 3.8) is 0 Å². The molecule has 1 aromatic heterocycles. The zero-order valence-electron chi connectivity index (χ0n) is 13.4. The number of oxime groups is 1. The number of aromatic nitrogens is 2. The molecule has 0 amide bonds. The highest BCUT2D eigenvalue weighted by molar-refractivity contribution is 6.35. The Morgan fingerprint density at radius 2 is 1.96 bits per heavy atom. The van der Waals surface area contributed by atoms with Crippen LogP contribution in [0.25, 0.3) is 11.3 Å². The third kappa shape index (κ3) is 3.95. The molecule has 128 valence electrons. The van der Waals surface area contributed by atoms with E-state index in [-0.39, 0.29) is 12.2 Å². The van der Waals surface area contributed by atoms with Gasteiger partial charge in [0.2, 0.25) is 0 Å². The van der Waals surface area contributed by atoms with Crippen LogP contribution in [0.3, 0.4) is 0 Å². The Hall–Kier alpha value is -2.50. The molecule has 3 aromatic rings. The fraction of sp³-hybridized carbons (Fsp3) is 0.111. The van der Waals surface area contributed by atoms with Gasteiger partial charge in [-0.1, -0.05) is 64.8 Å². The van der Waals surface area contributed by atoms with Gasteiger partial charge >= 0.3 is 0 Å². The average Bonchev–Trinajstić information content (AvgIpc) is 2.89. The van der Waals surface area contributed by atoms with Crippen molar-refractivity contribution in [3.05, 3.63) is 80.1 Å². The fourth-order valence-electron chi connectivity index (χ4n) is 2.35. The zero-order chi connectivity index (χ0) is 17.8. The first-order valence-corrected chi connectivity index (χ1v) is 8.25. The average molecular weight is 376 g/mol. The fourth-order valence-corrected chi connectivity index (χ4v) is 2.81. The first-order valence-electron chi connectivity index (χ1n) is 7.50. The largest absolute Gasteiger partial charge is 0.391 e. The standard InChI is InChI=1S/C18H15Cl2N3O2/c1-23-18(24)15(17(22-23)12-5-3-2-4-6-12)10-21-25-11-13-7-8-14(19)9-16(13)20/h2-10,22H,11H2,1H3. The molecule has 2 aromatic carbocycles. The molecule has 3 rings (SSSR count). The lowest BCUT2D eigenvalue weighted by Crippen LogP contribution is -2.15. The van der Waals surface area contributed by atoms with Gasteiger partial charge in [0.15, 0.2) is 0 Å². The van der Waals surface area contributed by atoms with Gasteiger partial charge in [0.05, 0.1) is 17.5 Å². The number of aromatic amines is 1. The Labute approximate surface area is 154 Å². The highest BCUT2D eigenvalue weighted by atomic mass is 35.5. The number of hydrogen-bond acceptors (Lipinski definition) is 3. The number of benzene rings is 2. The second kappa shape index (κ2) is 7.59. The van der Waals surface area contributed by atoms with Crippen molar-refractivity contribution in [1.29, 1.82) is 0 Å². The quantitative estimate of drug-likeness (QED) is 0.535. The maximum Gasteiger partial charge on any atom is 0.275 e. The third-order valence-corrected chi connectivity index (χ3v) is 4.22. The van der Waals surface area contributed by atoms with Crippen LogP contribution >= 0.6 is 23.2 Å². The highest BCUT2D eigenvalue weighted by Crippen LogP contribution is 2.22. The predicted molar refractivity (Wildman–Crippen MR) is 100 cm³/mol. The molecule has 0 unspecified atom stereocenters. The molecule has 0 radical (unpaired) electrons. The second-order valence-electron chi connectivity index (χ2n) is 5.37. The molecular formula is C18H15Cl2N3O2. The normalized spacial score (nSPS) is 11.2. The minimum absolute atomic E-state index is 0.178. The Morgan fingerprint density at radius 3 is 2.68 bits per heavy atom. The summed E-state index contributed by atoms with van der Waals surface area (Å²) in [5, 5.41) is 8.00. The minimum atomic E-state index is -0.185. The molecule has 7 heteroatoms. The van der Waals surface area contributed by atoms with Crippen molar-refractivity contribution in [2.45, 2.75) is 6.61 Å². The van der Waals surface area contributed by atoms with Crippen LogP contribution in [0.1, 0.15) is 11.1 Å². The van der Waals surface area contributed by atoms with E-state index < -0.39 is 0 Å². The number of hydrogen-bond donors (Lipinski definition) is 1. The van der Waals surface area contributed by atoms with Gasteiger partial charge in [0, 0.05) is 28.2 Å². The molecule has 0 aliphatic heterocycles. The number of aryl methyl sites for hydroxylation is 1. The first kappa shape index (κ1) is 17.3. The molecule has 0 aliphatic rings. The summed E-state index contributed by atoms with van der Waals surface area (Å²) in [5.41, 5.74) is 2.58. The van der Waals surface area contributed by atoms with Gasteiger partial charge in [0.1, 0.15) is 6.61 Å². The number of rotatable bonds is 5. The molecule has 5 nitrogen and oxygen atoms in total. The van der Waals surface area contributed by atoms with E-state index in [1.807, 2.05) is 30.3 Å². The van der Waals surface area contributed by atoms with Crippen LogP contribution in [0.15, 0.2) is 58.5 Å². The van der Waals surface area contributed by atoms with E-state index >= 15 is 0 Å². The summed E-state index contributed by atoms with van der Waals surface area (Å²) in [4.78, 5) is 17.5. The van der Waals surface area contributed by atoms with Gasteiger partial charge in [0.25, 0.3) is 5.56 Å². The van der Waals surface area contributed by atoms with Crippen molar-refractivity contribution in [2.75, 3.05) is 0 Å². The lowest BCUT2D eigenvalue weighted by atomic mass is 10.1. The maximum atomic E-state index is 12.3. The lowest BCUT2D eigenvalue weighted by Gasteiger charge is -2.03. The summed E-state index contributed by atoms with van der Waals surface area (Å²) >= 11 is 11.9. The van der Waals surface area contributed by atoms with E-state index in [9.17, 15) is 4.79 Å². The zero-order valence-corrected chi connectivity index (χ0v) is 14.9. The second-order valence-corrected chi connectivity index (χ2v) is 6.22. The molecule has 0 spiro atoms. The number of H-pyrrole nitrogens is 1. The van der Waals surface area contributed by atoms with Gasteiger partial charge < -0.3 is 4.84 Å². The van der Waals surface area contributed by atoms with Crippen LogP contribution in [0.4, 0.5) is 0 Å². The Kier molecular flexibility index (Phi) is 5.26. The highest BCUT2D eigenvalue weighted by Gasteiger charge is 2.12. The predicted octanol–water partition coefficient (Wildman–Crippen LogP) is 4.24. The van der Waals surface area contributed by atoms with E-state index in [0.717, 1.165) is 11.1 Å². The molecule has 0 aliphatic carbocycles. The summed E-state index contributed by atoms with van der Waals surface area (Å²) in [6.45, 7) is 0.178. The van der Waals surface area contributed by atoms with E-state index in [1.165, 1.54) is 10.9 Å². The van der Waals surface area contributed by atoms with E-state index in [0.29, 0.717) is 21.3 Å². The van der Waals surface area contributed by atoms with E-state index in [2.05, 4.69) is 10.3 Å². The van der Waals surface area contributed by atoms with Crippen molar-refractivity contribution >= 4 is 29.4 Å². The molecule has 0 saturated carbocycles. The molecule has 0 saturated heterocycles.